The van der Waals surface area contributed by atoms with Gasteiger partial charge in [0.05, 0.1) is 4.90 Å². The Labute approximate surface area is 123 Å². The molecule has 2 rings (SSSR count). The molecule has 0 bridgehead atoms. The van der Waals surface area contributed by atoms with Gasteiger partial charge in [0.15, 0.2) is 0 Å². The number of hydrogen-bond acceptors (Lipinski definition) is 2. The smallest absolute Gasteiger partial charge is 0.137 e. The lowest BCUT2D eigenvalue weighted by Crippen LogP contribution is -1.99. The van der Waals surface area contributed by atoms with Crippen molar-refractivity contribution in [1.82, 2.24) is 0 Å². The standard InChI is InChI=1S/C17H18FNS/c1-3-7-15(19)16(4-2)20-17-13-9-6-5-8-12(13)10-11-14(17)18/h4-11H,3,19H2,1-2H3/b15-7+,16-4+. The Hall–Kier alpha value is -1.74. The first-order valence-corrected chi connectivity index (χ1v) is 7.46. The van der Waals surface area contributed by atoms with Gasteiger partial charge in [-0.25, -0.2) is 4.39 Å². The average molecular weight is 287 g/mol. The van der Waals surface area contributed by atoms with Gasteiger partial charge in [0, 0.05) is 10.6 Å². The van der Waals surface area contributed by atoms with Crippen LogP contribution in [0.1, 0.15) is 20.3 Å². The van der Waals surface area contributed by atoms with E-state index in [2.05, 4.69) is 0 Å². The quantitative estimate of drug-likeness (QED) is 0.615. The third-order valence-electron chi connectivity index (χ3n) is 3.01. The van der Waals surface area contributed by atoms with Crippen LogP contribution in [-0.2, 0) is 0 Å². The van der Waals surface area contributed by atoms with Crippen molar-refractivity contribution in [2.24, 2.45) is 5.73 Å². The van der Waals surface area contributed by atoms with E-state index in [-0.39, 0.29) is 5.82 Å². The molecular formula is C17H18FNS. The van der Waals surface area contributed by atoms with Crippen molar-refractivity contribution in [2.45, 2.75) is 25.2 Å². The van der Waals surface area contributed by atoms with E-state index in [1.807, 2.05) is 50.3 Å². The zero-order chi connectivity index (χ0) is 14.5. The lowest BCUT2D eigenvalue weighted by atomic mass is 10.1. The fourth-order valence-electron chi connectivity index (χ4n) is 2.04. The second kappa shape index (κ2) is 6.62. The van der Waals surface area contributed by atoms with Gasteiger partial charge in [-0.1, -0.05) is 61.2 Å². The highest BCUT2D eigenvalue weighted by Gasteiger charge is 2.11. The number of thioether (sulfide) groups is 1. The van der Waals surface area contributed by atoms with Gasteiger partial charge in [0.2, 0.25) is 0 Å². The molecule has 0 fully saturated rings. The van der Waals surface area contributed by atoms with Crippen LogP contribution in [0.4, 0.5) is 4.39 Å². The van der Waals surface area contributed by atoms with Crippen molar-refractivity contribution < 1.29 is 4.39 Å². The Kier molecular flexibility index (Phi) is 4.85. The van der Waals surface area contributed by atoms with E-state index in [1.54, 1.807) is 6.07 Å². The summed E-state index contributed by atoms with van der Waals surface area (Å²) < 4.78 is 14.2. The highest BCUT2D eigenvalue weighted by atomic mass is 32.2. The molecule has 2 aromatic carbocycles. The van der Waals surface area contributed by atoms with E-state index in [0.29, 0.717) is 10.6 Å². The normalized spacial score (nSPS) is 12.9. The van der Waals surface area contributed by atoms with Crippen LogP contribution in [0.15, 0.2) is 64.0 Å². The van der Waals surface area contributed by atoms with Gasteiger partial charge in [-0.2, -0.15) is 0 Å². The summed E-state index contributed by atoms with van der Waals surface area (Å²) in [6.07, 6.45) is 4.74. The molecule has 0 spiro atoms. The van der Waals surface area contributed by atoms with Gasteiger partial charge >= 0.3 is 0 Å². The first-order valence-electron chi connectivity index (χ1n) is 6.64. The van der Waals surface area contributed by atoms with E-state index < -0.39 is 0 Å². The van der Waals surface area contributed by atoms with E-state index in [4.69, 9.17) is 5.73 Å². The van der Waals surface area contributed by atoms with Crippen LogP contribution in [0.2, 0.25) is 0 Å². The maximum Gasteiger partial charge on any atom is 0.137 e. The lowest BCUT2D eigenvalue weighted by Gasteiger charge is -2.11. The molecule has 0 saturated carbocycles. The molecule has 1 nitrogen and oxygen atoms in total. The minimum Gasteiger partial charge on any atom is -0.398 e. The first-order chi connectivity index (χ1) is 9.67. The maximum absolute atomic E-state index is 14.2. The molecule has 0 saturated heterocycles. The zero-order valence-corrected chi connectivity index (χ0v) is 12.5. The number of rotatable bonds is 4. The number of hydrogen-bond donors (Lipinski definition) is 1. The minimum atomic E-state index is -0.211. The summed E-state index contributed by atoms with van der Waals surface area (Å²) in [5, 5.41) is 1.95. The monoisotopic (exact) mass is 287 g/mol. The molecule has 20 heavy (non-hydrogen) atoms. The van der Waals surface area contributed by atoms with Gasteiger partial charge in [0.25, 0.3) is 0 Å². The largest absolute Gasteiger partial charge is 0.398 e. The number of allylic oxidation sites excluding steroid dienone is 2. The number of benzene rings is 2. The molecule has 0 heterocycles. The lowest BCUT2D eigenvalue weighted by molar-refractivity contribution is 0.606. The summed E-state index contributed by atoms with van der Waals surface area (Å²) in [6.45, 7) is 3.95. The minimum absolute atomic E-state index is 0.211. The number of halogens is 1. The van der Waals surface area contributed by atoms with Crippen LogP contribution in [-0.4, -0.2) is 0 Å². The second-order valence-electron chi connectivity index (χ2n) is 4.42. The summed E-state index contributed by atoms with van der Waals surface area (Å²) in [7, 11) is 0. The van der Waals surface area contributed by atoms with E-state index >= 15 is 0 Å². The molecule has 2 N–H and O–H groups in total. The average Bonchev–Trinajstić information content (AvgIpc) is 2.46. The van der Waals surface area contributed by atoms with Crippen molar-refractivity contribution in [1.29, 1.82) is 0 Å². The summed E-state index contributed by atoms with van der Waals surface area (Å²) in [5.41, 5.74) is 6.73. The molecule has 0 aliphatic rings. The van der Waals surface area contributed by atoms with E-state index in [1.165, 1.54) is 17.8 Å². The molecule has 104 valence electrons. The van der Waals surface area contributed by atoms with Gasteiger partial charge in [0.1, 0.15) is 5.82 Å². The Bertz CT molecular complexity index is 674. The summed E-state index contributed by atoms with van der Waals surface area (Å²) >= 11 is 1.39. The van der Waals surface area contributed by atoms with Gasteiger partial charge in [-0.3, -0.25) is 0 Å². The Morgan fingerprint density at radius 1 is 1.25 bits per heavy atom. The molecular weight excluding hydrogens is 269 g/mol. The van der Waals surface area contributed by atoms with Crippen molar-refractivity contribution >= 4 is 22.5 Å². The SMILES string of the molecule is C/C=C(Sc1c(F)ccc2ccccc12)\C(N)=C/CC. The van der Waals surface area contributed by atoms with Crippen LogP contribution in [0, 0.1) is 5.82 Å². The summed E-state index contributed by atoms with van der Waals surface area (Å²) in [4.78, 5) is 1.52. The molecule has 0 aliphatic carbocycles. The Morgan fingerprint density at radius 2 is 2.00 bits per heavy atom. The maximum atomic E-state index is 14.2. The Balaban J connectivity index is 2.48. The molecule has 3 heteroatoms. The van der Waals surface area contributed by atoms with E-state index in [9.17, 15) is 4.39 Å². The van der Waals surface area contributed by atoms with Gasteiger partial charge < -0.3 is 5.73 Å². The van der Waals surface area contributed by atoms with Crippen LogP contribution >= 0.6 is 11.8 Å². The predicted molar refractivity (Wildman–Crippen MR) is 86.1 cm³/mol. The van der Waals surface area contributed by atoms with Crippen LogP contribution in [0.3, 0.4) is 0 Å². The molecule has 0 radical (unpaired) electrons. The highest BCUT2D eigenvalue weighted by Crippen LogP contribution is 2.37. The molecule has 2 aromatic rings. The molecule has 0 atom stereocenters. The van der Waals surface area contributed by atoms with Gasteiger partial charge in [-0.05, 0) is 30.2 Å². The predicted octanol–water partition coefficient (Wildman–Crippen LogP) is 5.23. The number of fused-ring (bicyclic) bond motifs is 1. The zero-order valence-electron chi connectivity index (χ0n) is 11.7. The molecule has 0 amide bonds. The topological polar surface area (TPSA) is 26.0 Å². The van der Waals surface area contributed by atoms with Crippen molar-refractivity contribution in [3.8, 4) is 0 Å². The highest BCUT2D eigenvalue weighted by molar-refractivity contribution is 8.03. The van der Waals surface area contributed by atoms with Crippen molar-refractivity contribution in [3.63, 3.8) is 0 Å². The Morgan fingerprint density at radius 3 is 2.70 bits per heavy atom. The number of nitrogens with two attached hydrogens (primary N) is 1. The molecule has 0 aliphatic heterocycles. The van der Waals surface area contributed by atoms with Crippen molar-refractivity contribution in [2.75, 3.05) is 0 Å². The summed E-state index contributed by atoms with van der Waals surface area (Å²) in [5.74, 6) is -0.211. The third-order valence-corrected chi connectivity index (χ3v) is 4.32. The van der Waals surface area contributed by atoms with Crippen LogP contribution < -0.4 is 5.73 Å². The molecule has 0 aromatic heterocycles. The fraction of sp³-hybridized carbons (Fsp3) is 0.176. The van der Waals surface area contributed by atoms with Crippen LogP contribution in [0.25, 0.3) is 10.8 Å². The van der Waals surface area contributed by atoms with Gasteiger partial charge in [-0.15, -0.1) is 0 Å². The second-order valence-corrected chi connectivity index (χ2v) is 5.47. The summed E-state index contributed by atoms with van der Waals surface area (Å²) in [6, 6.07) is 11.1. The third kappa shape index (κ3) is 3.05. The van der Waals surface area contributed by atoms with Crippen molar-refractivity contribution in [3.05, 3.63) is 65.0 Å². The van der Waals surface area contributed by atoms with E-state index in [0.717, 1.165) is 22.1 Å². The fourth-order valence-corrected chi connectivity index (χ4v) is 3.04. The molecule has 0 unspecified atom stereocenters. The first kappa shape index (κ1) is 14.7. The van der Waals surface area contributed by atoms with Crippen LogP contribution in [0.5, 0.6) is 0 Å².